The third kappa shape index (κ3) is 3.65. The quantitative estimate of drug-likeness (QED) is 0.457. The van der Waals surface area contributed by atoms with Crippen molar-refractivity contribution in [3.63, 3.8) is 0 Å². The number of esters is 1. The molecule has 0 bridgehead atoms. The van der Waals surface area contributed by atoms with Crippen molar-refractivity contribution in [1.29, 1.82) is 0 Å². The number of hydrogen-bond acceptors (Lipinski definition) is 6. The number of benzene rings is 1. The van der Waals surface area contributed by atoms with Crippen LogP contribution in [0.5, 0.6) is 0 Å². The van der Waals surface area contributed by atoms with E-state index in [1.54, 1.807) is 31.2 Å². The molecule has 1 saturated heterocycles. The summed E-state index contributed by atoms with van der Waals surface area (Å²) in [5, 5.41) is 4.14. The first-order valence-electron chi connectivity index (χ1n) is 6.98. The second-order valence-corrected chi connectivity index (χ2v) is 4.87. The largest absolute Gasteiger partial charge is 0.464 e. The molecule has 0 saturated carbocycles. The zero-order chi connectivity index (χ0) is 16.9. The van der Waals surface area contributed by atoms with Crippen molar-refractivity contribution in [2.75, 3.05) is 6.61 Å². The molecule has 1 aromatic carbocycles. The molecule has 0 spiro atoms. The van der Waals surface area contributed by atoms with Crippen LogP contribution in [-0.4, -0.2) is 36.0 Å². The molecular formula is C15H16N2O6. The van der Waals surface area contributed by atoms with Gasteiger partial charge in [0.05, 0.1) is 13.0 Å². The predicted molar refractivity (Wildman–Crippen MR) is 76.9 cm³/mol. The van der Waals surface area contributed by atoms with Crippen LogP contribution in [0.1, 0.15) is 18.9 Å². The standard InChI is InChI=1S/C15H16N2O6/c1-2-22-13(20)15(8-11(18)16-12(15)19)17-14(21)23-9-10-6-4-3-5-7-10/h3-7H,2,8-9H2,1H3,(H,17,21)(H,16,18,19)/t15-/m0/s1. The maximum absolute atomic E-state index is 12.0. The number of imide groups is 1. The minimum absolute atomic E-state index is 0.00277. The smallest absolute Gasteiger partial charge is 0.408 e. The van der Waals surface area contributed by atoms with E-state index in [9.17, 15) is 19.2 Å². The van der Waals surface area contributed by atoms with E-state index < -0.39 is 35.8 Å². The summed E-state index contributed by atoms with van der Waals surface area (Å²) in [6, 6.07) is 8.87. The van der Waals surface area contributed by atoms with Crippen molar-refractivity contribution in [2.45, 2.75) is 25.5 Å². The summed E-state index contributed by atoms with van der Waals surface area (Å²) in [7, 11) is 0. The van der Waals surface area contributed by atoms with E-state index in [0.29, 0.717) is 0 Å². The van der Waals surface area contributed by atoms with Crippen LogP contribution in [0.3, 0.4) is 0 Å². The molecule has 1 atom stereocenters. The zero-order valence-electron chi connectivity index (χ0n) is 12.5. The van der Waals surface area contributed by atoms with Gasteiger partial charge in [-0.1, -0.05) is 30.3 Å². The minimum atomic E-state index is -2.08. The van der Waals surface area contributed by atoms with E-state index in [4.69, 9.17) is 9.47 Å². The molecule has 122 valence electrons. The summed E-state index contributed by atoms with van der Waals surface area (Å²) in [5.41, 5.74) is -1.35. The Kier molecular flexibility index (Phi) is 4.95. The topological polar surface area (TPSA) is 111 Å². The van der Waals surface area contributed by atoms with Crippen LogP contribution in [-0.2, 0) is 30.5 Å². The van der Waals surface area contributed by atoms with Gasteiger partial charge in [0.2, 0.25) is 11.4 Å². The highest BCUT2D eigenvalue weighted by atomic mass is 16.6. The molecular weight excluding hydrogens is 304 g/mol. The number of rotatable bonds is 5. The van der Waals surface area contributed by atoms with Gasteiger partial charge in [-0.3, -0.25) is 20.2 Å². The summed E-state index contributed by atoms with van der Waals surface area (Å²) in [6.45, 7) is 1.51. The Morgan fingerprint density at radius 3 is 2.48 bits per heavy atom. The van der Waals surface area contributed by atoms with Crippen molar-refractivity contribution in [2.24, 2.45) is 0 Å². The van der Waals surface area contributed by atoms with Gasteiger partial charge in [0.15, 0.2) is 0 Å². The highest BCUT2D eigenvalue weighted by molar-refractivity contribution is 6.21. The van der Waals surface area contributed by atoms with Crippen LogP contribution >= 0.6 is 0 Å². The molecule has 8 heteroatoms. The third-order valence-electron chi connectivity index (χ3n) is 3.22. The summed E-state index contributed by atoms with van der Waals surface area (Å²) in [6.07, 6.45) is -1.52. The molecule has 1 aliphatic rings. The molecule has 1 aromatic rings. The molecule has 1 heterocycles. The van der Waals surface area contributed by atoms with Gasteiger partial charge in [0.25, 0.3) is 5.91 Å². The summed E-state index contributed by atoms with van der Waals surface area (Å²) in [4.78, 5) is 47.3. The summed E-state index contributed by atoms with van der Waals surface area (Å²) in [5.74, 6) is -2.61. The molecule has 0 aliphatic carbocycles. The lowest BCUT2D eigenvalue weighted by atomic mass is 9.98. The van der Waals surface area contributed by atoms with E-state index in [2.05, 4.69) is 5.32 Å². The Morgan fingerprint density at radius 2 is 1.91 bits per heavy atom. The lowest BCUT2D eigenvalue weighted by Gasteiger charge is -2.23. The number of amides is 3. The number of hydrogen-bond donors (Lipinski definition) is 2. The van der Waals surface area contributed by atoms with Crippen molar-refractivity contribution in [1.82, 2.24) is 10.6 Å². The number of alkyl carbamates (subject to hydrolysis) is 1. The average Bonchev–Trinajstić information content (AvgIpc) is 2.81. The number of ether oxygens (including phenoxy) is 2. The fraction of sp³-hybridized carbons (Fsp3) is 0.333. The molecule has 2 N–H and O–H groups in total. The molecule has 0 unspecified atom stereocenters. The fourth-order valence-corrected chi connectivity index (χ4v) is 2.10. The Hall–Kier alpha value is -2.90. The number of nitrogens with one attached hydrogen (secondary N) is 2. The van der Waals surface area contributed by atoms with Gasteiger partial charge in [-0.15, -0.1) is 0 Å². The SMILES string of the molecule is CCOC(=O)[C@]1(NC(=O)OCc2ccccc2)CC(=O)NC1=O. The van der Waals surface area contributed by atoms with E-state index in [0.717, 1.165) is 5.56 Å². The Bertz CT molecular complexity index is 630. The van der Waals surface area contributed by atoms with Crippen molar-refractivity contribution >= 4 is 23.9 Å². The van der Waals surface area contributed by atoms with Crippen molar-refractivity contribution in [3.8, 4) is 0 Å². The molecule has 8 nitrogen and oxygen atoms in total. The van der Waals surface area contributed by atoms with Crippen LogP contribution in [0.25, 0.3) is 0 Å². The average molecular weight is 320 g/mol. The lowest BCUT2D eigenvalue weighted by molar-refractivity contribution is -0.154. The van der Waals surface area contributed by atoms with Crippen LogP contribution in [0, 0.1) is 0 Å². The fourth-order valence-electron chi connectivity index (χ4n) is 2.10. The molecule has 23 heavy (non-hydrogen) atoms. The van der Waals surface area contributed by atoms with Crippen LogP contribution in [0.4, 0.5) is 4.79 Å². The van der Waals surface area contributed by atoms with E-state index in [-0.39, 0.29) is 13.2 Å². The molecule has 0 radical (unpaired) electrons. The first-order valence-corrected chi connectivity index (χ1v) is 6.98. The van der Waals surface area contributed by atoms with Gasteiger partial charge >= 0.3 is 12.1 Å². The van der Waals surface area contributed by atoms with Crippen LogP contribution in [0.2, 0.25) is 0 Å². The second-order valence-electron chi connectivity index (χ2n) is 4.87. The normalized spacial score (nSPS) is 19.9. The van der Waals surface area contributed by atoms with Crippen molar-refractivity contribution < 1.29 is 28.7 Å². The third-order valence-corrected chi connectivity index (χ3v) is 3.22. The lowest BCUT2D eigenvalue weighted by Crippen LogP contribution is -2.59. The van der Waals surface area contributed by atoms with Gasteiger partial charge in [-0.05, 0) is 12.5 Å². The van der Waals surface area contributed by atoms with Crippen LogP contribution < -0.4 is 10.6 Å². The number of carbonyl (C=O) groups excluding carboxylic acids is 4. The highest BCUT2D eigenvalue weighted by Gasteiger charge is 2.55. The van der Waals surface area contributed by atoms with Gasteiger partial charge in [-0.2, -0.15) is 0 Å². The van der Waals surface area contributed by atoms with Gasteiger partial charge in [0.1, 0.15) is 6.61 Å². The maximum Gasteiger partial charge on any atom is 0.408 e. The molecule has 0 aromatic heterocycles. The maximum atomic E-state index is 12.0. The van der Waals surface area contributed by atoms with E-state index >= 15 is 0 Å². The summed E-state index contributed by atoms with van der Waals surface area (Å²) < 4.78 is 9.77. The van der Waals surface area contributed by atoms with Gasteiger partial charge in [-0.25, -0.2) is 9.59 Å². The monoisotopic (exact) mass is 320 g/mol. The highest BCUT2D eigenvalue weighted by Crippen LogP contribution is 2.20. The van der Waals surface area contributed by atoms with E-state index in [1.807, 2.05) is 11.4 Å². The number of carbonyl (C=O) groups is 4. The Balaban J connectivity index is 2.06. The second kappa shape index (κ2) is 6.91. The minimum Gasteiger partial charge on any atom is -0.464 e. The van der Waals surface area contributed by atoms with Crippen molar-refractivity contribution in [3.05, 3.63) is 35.9 Å². The van der Waals surface area contributed by atoms with Gasteiger partial charge < -0.3 is 9.47 Å². The van der Waals surface area contributed by atoms with Gasteiger partial charge in [0, 0.05) is 0 Å². The molecule has 1 fully saturated rings. The first-order chi connectivity index (χ1) is 11.0. The zero-order valence-corrected chi connectivity index (χ0v) is 12.5. The Labute approximate surface area is 132 Å². The first kappa shape index (κ1) is 16.5. The Morgan fingerprint density at radius 1 is 1.22 bits per heavy atom. The molecule has 3 amide bonds. The van der Waals surface area contributed by atoms with Crippen LogP contribution in [0.15, 0.2) is 30.3 Å². The van der Waals surface area contributed by atoms with E-state index in [1.165, 1.54) is 0 Å². The molecule has 2 rings (SSSR count). The summed E-state index contributed by atoms with van der Waals surface area (Å²) >= 11 is 0. The molecule has 1 aliphatic heterocycles. The predicted octanol–water partition coefficient (Wildman–Crippen LogP) is 0.261.